The monoisotopic (exact) mass is 395 g/mol. The Kier molecular flexibility index (Phi) is 4.80. The summed E-state index contributed by atoms with van der Waals surface area (Å²) in [5.41, 5.74) is 2.36. The molecular weight excluding hydrogens is 366 g/mol. The van der Waals surface area contributed by atoms with Crippen LogP contribution in [0.1, 0.15) is 47.0 Å². The first-order valence-corrected chi connectivity index (χ1v) is 10.3. The van der Waals surface area contributed by atoms with Crippen LogP contribution in [0.15, 0.2) is 56.3 Å². The second-order valence-corrected chi connectivity index (χ2v) is 9.33. The van der Waals surface area contributed by atoms with E-state index in [4.69, 9.17) is 9.15 Å². The predicted molar refractivity (Wildman–Crippen MR) is 114 cm³/mol. The molecule has 2 aliphatic carbocycles. The molecule has 2 aromatic rings. The van der Waals surface area contributed by atoms with Gasteiger partial charge in [0, 0.05) is 28.9 Å². The van der Waals surface area contributed by atoms with Crippen LogP contribution in [0.2, 0.25) is 0 Å². The second kappa shape index (κ2) is 7.05. The fourth-order valence-corrected chi connectivity index (χ4v) is 5.67. The smallest absolute Gasteiger partial charge is 0.336 e. The van der Waals surface area contributed by atoms with Crippen molar-refractivity contribution in [3.63, 3.8) is 0 Å². The average molecular weight is 395 g/mol. The number of hydrogen-bond acceptors (Lipinski definition) is 5. The molecule has 29 heavy (non-hydrogen) atoms. The maximum absolute atomic E-state index is 11.5. The number of oxime groups is 1. The molecule has 154 valence electrons. The maximum atomic E-state index is 11.5. The fourth-order valence-electron chi connectivity index (χ4n) is 5.67. The van der Waals surface area contributed by atoms with Crippen LogP contribution in [0.4, 0.5) is 0 Å². The van der Waals surface area contributed by atoms with Gasteiger partial charge in [0.05, 0.1) is 12.3 Å². The third kappa shape index (κ3) is 3.26. The van der Waals surface area contributed by atoms with Crippen molar-refractivity contribution in [2.75, 3.05) is 6.61 Å². The molecule has 3 atom stereocenters. The van der Waals surface area contributed by atoms with Crippen molar-refractivity contribution in [2.45, 2.75) is 47.0 Å². The van der Waals surface area contributed by atoms with Gasteiger partial charge in [-0.05, 0) is 55.7 Å². The minimum Gasteiger partial charge on any atom is -0.493 e. The van der Waals surface area contributed by atoms with E-state index in [1.54, 1.807) is 12.1 Å². The Hall–Kier alpha value is -2.56. The molecule has 0 aliphatic heterocycles. The molecule has 0 radical (unpaired) electrons. The van der Waals surface area contributed by atoms with Gasteiger partial charge in [0.1, 0.15) is 11.3 Å². The van der Waals surface area contributed by atoms with E-state index in [1.807, 2.05) is 12.1 Å². The highest BCUT2D eigenvalue weighted by atomic mass is 16.5. The molecule has 1 aromatic heterocycles. The van der Waals surface area contributed by atoms with Crippen LogP contribution >= 0.6 is 0 Å². The Balaban J connectivity index is 1.60. The van der Waals surface area contributed by atoms with Gasteiger partial charge in [-0.1, -0.05) is 37.6 Å². The van der Waals surface area contributed by atoms with Crippen LogP contribution in [-0.4, -0.2) is 17.5 Å². The van der Waals surface area contributed by atoms with Gasteiger partial charge in [-0.2, -0.15) is 0 Å². The quantitative estimate of drug-likeness (QED) is 0.326. The van der Waals surface area contributed by atoms with Crippen molar-refractivity contribution < 1.29 is 14.4 Å². The van der Waals surface area contributed by atoms with Crippen molar-refractivity contribution in [3.05, 3.63) is 52.4 Å². The van der Waals surface area contributed by atoms with E-state index in [1.165, 1.54) is 11.6 Å². The summed E-state index contributed by atoms with van der Waals surface area (Å²) >= 11 is 0. The molecule has 5 nitrogen and oxygen atoms in total. The molecule has 1 heterocycles. The highest BCUT2D eigenvalue weighted by molar-refractivity contribution is 5.90. The van der Waals surface area contributed by atoms with Gasteiger partial charge in [0.15, 0.2) is 0 Å². The SMILES string of the molecule is CC1=CCC2C(C)(C)C(=NO)CC[C@]2(C)[C@H]1COc1ccc2ccc(=O)oc2c1. The Labute approximate surface area is 171 Å². The Bertz CT molecular complexity index is 1050. The van der Waals surface area contributed by atoms with E-state index >= 15 is 0 Å². The zero-order chi connectivity index (χ0) is 20.8. The first-order valence-electron chi connectivity index (χ1n) is 10.3. The predicted octanol–water partition coefficient (Wildman–Crippen LogP) is 5.41. The Morgan fingerprint density at radius 2 is 2.00 bits per heavy atom. The topological polar surface area (TPSA) is 72.0 Å². The van der Waals surface area contributed by atoms with E-state index in [0.29, 0.717) is 23.9 Å². The molecular formula is C24H29NO4. The van der Waals surface area contributed by atoms with Gasteiger partial charge in [-0.15, -0.1) is 0 Å². The van der Waals surface area contributed by atoms with Gasteiger partial charge in [0.2, 0.25) is 0 Å². The van der Waals surface area contributed by atoms with Crippen molar-refractivity contribution in [1.82, 2.24) is 0 Å². The van der Waals surface area contributed by atoms with Crippen molar-refractivity contribution in [2.24, 2.45) is 27.8 Å². The summed E-state index contributed by atoms with van der Waals surface area (Å²) in [6.07, 6.45) is 5.10. The lowest BCUT2D eigenvalue weighted by Gasteiger charge is -2.56. The number of ether oxygens (including phenoxy) is 1. The zero-order valence-corrected chi connectivity index (χ0v) is 17.6. The molecule has 0 amide bonds. The maximum Gasteiger partial charge on any atom is 0.336 e. The number of allylic oxidation sites excluding steroid dienone is 1. The second-order valence-electron chi connectivity index (χ2n) is 9.33. The molecule has 4 rings (SSSR count). The molecule has 1 fully saturated rings. The summed E-state index contributed by atoms with van der Waals surface area (Å²) in [4.78, 5) is 11.5. The van der Waals surface area contributed by atoms with Crippen molar-refractivity contribution in [3.8, 4) is 5.75 Å². The molecule has 0 bridgehead atoms. The third-order valence-corrected chi connectivity index (χ3v) is 7.46. The van der Waals surface area contributed by atoms with Gasteiger partial charge < -0.3 is 14.4 Å². The lowest BCUT2D eigenvalue weighted by molar-refractivity contribution is -0.000645. The highest BCUT2D eigenvalue weighted by Gasteiger charge is 2.54. The summed E-state index contributed by atoms with van der Waals surface area (Å²) in [6.45, 7) is 9.51. The number of fused-ring (bicyclic) bond motifs is 2. The normalized spacial score (nSPS) is 30.1. The first kappa shape index (κ1) is 19.7. The summed E-state index contributed by atoms with van der Waals surface area (Å²) < 4.78 is 11.5. The molecule has 1 saturated carbocycles. The van der Waals surface area contributed by atoms with Crippen LogP contribution in [0, 0.1) is 22.7 Å². The number of rotatable bonds is 3. The summed E-state index contributed by atoms with van der Waals surface area (Å²) in [7, 11) is 0. The van der Waals surface area contributed by atoms with Gasteiger partial charge in [-0.25, -0.2) is 4.79 Å². The number of nitrogens with zero attached hydrogens (tertiary/aromatic N) is 1. The highest BCUT2D eigenvalue weighted by Crippen LogP contribution is 2.58. The van der Waals surface area contributed by atoms with Gasteiger partial charge >= 0.3 is 5.63 Å². The van der Waals surface area contributed by atoms with E-state index < -0.39 is 0 Å². The summed E-state index contributed by atoms with van der Waals surface area (Å²) in [5.74, 6) is 1.37. The number of hydrogen-bond donors (Lipinski definition) is 1. The standard InChI is InChI=1S/C24H29NO4/c1-15-5-9-20-23(2,3)21(25-27)11-12-24(20,4)18(15)14-28-17-8-6-16-7-10-22(26)29-19(16)13-17/h5-8,10,13,18,20,27H,9,11-12,14H2,1-4H3/t18-,20?,24+/m0/s1. The lowest BCUT2D eigenvalue weighted by Crippen LogP contribution is -2.53. The molecule has 1 unspecified atom stereocenters. The summed E-state index contributed by atoms with van der Waals surface area (Å²) in [6, 6.07) is 8.81. The van der Waals surface area contributed by atoms with Crippen LogP contribution in [-0.2, 0) is 0 Å². The van der Waals surface area contributed by atoms with Gasteiger partial charge in [0.25, 0.3) is 0 Å². The van der Waals surface area contributed by atoms with E-state index in [9.17, 15) is 10.0 Å². The molecule has 2 aliphatic rings. The van der Waals surface area contributed by atoms with Crippen LogP contribution in [0.25, 0.3) is 11.0 Å². The molecule has 0 saturated heterocycles. The molecule has 1 aromatic carbocycles. The van der Waals surface area contributed by atoms with Crippen LogP contribution < -0.4 is 10.4 Å². The minimum atomic E-state index is -0.359. The van der Waals surface area contributed by atoms with Crippen LogP contribution in [0.5, 0.6) is 5.75 Å². The Morgan fingerprint density at radius 1 is 1.24 bits per heavy atom. The molecule has 5 heteroatoms. The third-order valence-electron chi connectivity index (χ3n) is 7.46. The molecule has 1 N–H and O–H groups in total. The lowest BCUT2D eigenvalue weighted by atomic mass is 9.48. The average Bonchev–Trinajstić information content (AvgIpc) is 2.66. The molecule has 0 spiro atoms. The van der Waals surface area contributed by atoms with E-state index in [0.717, 1.165) is 30.4 Å². The first-order chi connectivity index (χ1) is 13.8. The number of benzene rings is 1. The zero-order valence-electron chi connectivity index (χ0n) is 17.6. The van der Waals surface area contributed by atoms with Gasteiger partial charge in [-0.3, -0.25) is 0 Å². The van der Waals surface area contributed by atoms with Crippen molar-refractivity contribution in [1.29, 1.82) is 0 Å². The fraction of sp³-hybridized carbons (Fsp3) is 0.500. The van der Waals surface area contributed by atoms with E-state index in [-0.39, 0.29) is 22.4 Å². The summed E-state index contributed by atoms with van der Waals surface area (Å²) in [5, 5.41) is 14.0. The largest absolute Gasteiger partial charge is 0.493 e. The Morgan fingerprint density at radius 3 is 2.76 bits per heavy atom. The van der Waals surface area contributed by atoms with Crippen LogP contribution in [0.3, 0.4) is 0 Å². The minimum absolute atomic E-state index is 0.0694. The van der Waals surface area contributed by atoms with Crippen molar-refractivity contribution >= 4 is 16.7 Å². The van der Waals surface area contributed by atoms with E-state index in [2.05, 4.69) is 38.9 Å².